The Morgan fingerprint density at radius 2 is 1.78 bits per heavy atom. The Labute approximate surface area is 194 Å². The number of primary sulfonamides is 1. The summed E-state index contributed by atoms with van der Waals surface area (Å²) in [5.41, 5.74) is 1.41. The summed E-state index contributed by atoms with van der Waals surface area (Å²) in [6.45, 7) is -0.0219. The van der Waals surface area contributed by atoms with E-state index in [1.54, 1.807) is 42.5 Å². The van der Waals surface area contributed by atoms with Crippen LogP contribution in [0.15, 0.2) is 70.0 Å². The van der Waals surface area contributed by atoms with E-state index < -0.39 is 10.0 Å². The first-order chi connectivity index (χ1) is 15.2. The van der Waals surface area contributed by atoms with Crippen molar-refractivity contribution in [1.29, 1.82) is 0 Å². The number of anilines is 1. The molecule has 3 N–H and O–H groups in total. The molecule has 0 spiro atoms. The average molecular weight is 521 g/mol. The topological polar surface area (TPSA) is 117 Å². The number of methoxy groups -OCH3 is 2. The Morgan fingerprint density at radius 1 is 1.00 bits per heavy atom. The van der Waals surface area contributed by atoms with Crippen molar-refractivity contribution in [2.24, 2.45) is 5.14 Å². The maximum atomic E-state index is 12.5. The van der Waals surface area contributed by atoms with Gasteiger partial charge in [0.2, 0.25) is 10.0 Å². The first-order valence-corrected chi connectivity index (χ1v) is 11.6. The van der Waals surface area contributed by atoms with Gasteiger partial charge in [0.1, 0.15) is 28.8 Å². The minimum absolute atomic E-state index is 0.00980. The molecule has 3 aromatic carbocycles. The van der Waals surface area contributed by atoms with Crippen molar-refractivity contribution in [1.82, 2.24) is 0 Å². The number of ether oxygens (including phenoxy) is 3. The Bertz CT molecular complexity index is 1250. The zero-order valence-electron chi connectivity index (χ0n) is 17.3. The highest BCUT2D eigenvalue weighted by molar-refractivity contribution is 9.10. The maximum absolute atomic E-state index is 12.5. The summed E-state index contributed by atoms with van der Waals surface area (Å²) in [6.07, 6.45) is 0. The van der Waals surface area contributed by atoms with Crippen LogP contribution in [-0.4, -0.2) is 28.5 Å². The summed E-state index contributed by atoms with van der Waals surface area (Å²) >= 11 is 3.32. The van der Waals surface area contributed by atoms with Gasteiger partial charge < -0.3 is 19.5 Å². The zero-order valence-corrected chi connectivity index (χ0v) is 19.7. The zero-order chi connectivity index (χ0) is 23.3. The van der Waals surface area contributed by atoms with E-state index in [0.29, 0.717) is 28.3 Å². The summed E-state index contributed by atoms with van der Waals surface area (Å²) in [5.74, 6) is 0.757. The third-order valence-electron chi connectivity index (χ3n) is 4.47. The number of hydrogen-bond donors (Lipinski definition) is 2. The van der Waals surface area contributed by atoms with Crippen LogP contribution in [0.4, 0.5) is 5.69 Å². The number of nitrogens with one attached hydrogen (secondary N) is 1. The minimum Gasteiger partial charge on any atom is -0.497 e. The van der Waals surface area contributed by atoms with Crippen LogP contribution >= 0.6 is 15.9 Å². The monoisotopic (exact) mass is 520 g/mol. The highest BCUT2D eigenvalue weighted by Crippen LogP contribution is 2.30. The van der Waals surface area contributed by atoms with Crippen LogP contribution in [0.25, 0.3) is 0 Å². The predicted octanol–water partition coefficient (Wildman–Crippen LogP) is 3.95. The van der Waals surface area contributed by atoms with Gasteiger partial charge in [-0.25, -0.2) is 13.6 Å². The van der Waals surface area contributed by atoms with Gasteiger partial charge in [0, 0.05) is 27.4 Å². The van der Waals surface area contributed by atoms with Crippen molar-refractivity contribution < 1.29 is 27.4 Å². The lowest BCUT2D eigenvalue weighted by Gasteiger charge is -2.15. The largest absolute Gasteiger partial charge is 0.497 e. The van der Waals surface area contributed by atoms with Gasteiger partial charge in [-0.3, -0.25) is 4.79 Å². The molecule has 0 aliphatic rings. The number of hydrogen-bond acceptors (Lipinski definition) is 6. The molecular formula is C22H21BrN2O6S. The molecule has 0 aliphatic heterocycles. The van der Waals surface area contributed by atoms with Gasteiger partial charge in [0.25, 0.3) is 5.91 Å². The molecule has 0 fully saturated rings. The summed E-state index contributed by atoms with van der Waals surface area (Å²) < 4.78 is 41.2. The molecule has 0 atom stereocenters. The Morgan fingerprint density at radius 3 is 2.44 bits per heavy atom. The van der Waals surface area contributed by atoms with Gasteiger partial charge in [-0.15, -0.1) is 0 Å². The molecule has 3 aromatic rings. The average Bonchev–Trinajstić information content (AvgIpc) is 2.76. The number of sulfonamides is 1. The van der Waals surface area contributed by atoms with Gasteiger partial charge in [0.15, 0.2) is 0 Å². The van der Waals surface area contributed by atoms with E-state index in [0.717, 1.165) is 4.47 Å². The quantitative estimate of drug-likeness (QED) is 0.464. The summed E-state index contributed by atoms with van der Waals surface area (Å²) in [6, 6.07) is 16.2. The molecule has 0 bridgehead atoms. The molecule has 8 nitrogen and oxygen atoms in total. The lowest BCUT2D eigenvalue weighted by molar-refractivity contribution is 0.102. The van der Waals surface area contributed by atoms with Gasteiger partial charge in [-0.05, 0) is 48.5 Å². The lowest BCUT2D eigenvalue weighted by atomic mass is 10.2. The van der Waals surface area contributed by atoms with Crippen LogP contribution in [0.3, 0.4) is 0 Å². The normalized spacial score (nSPS) is 11.0. The smallest absolute Gasteiger partial charge is 0.255 e. The van der Waals surface area contributed by atoms with E-state index in [1.165, 1.54) is 32.4 Å². The highest BCUT2D eigenvalue weighted by atomic mass is 79.9. The summed E-state index contributed by atoms with van der Waals surface area (Å²) in [7, 11) is -1.03. The molecule has 0 heterocycles. The van der Waals surface area contributed by atoms with Gasteiger partial charge in [0.05, 0.1) is 14.2 Å². The van der Waals surface area contributed by atoms with Crippen molar-refractivity contribution in [2.75, 3.05) is 19.5 Å². The molecule has 0 saturated heterocycles. The van der Waals surface area contributed by atoms with Crippen LogP contribution in [0.2, 0.25) is 0 Å². The predicted molar refractivity (Wildman–Crippen MR) is 124 cm³/mol. The van der Waals surface area contributed by atoms with Gasteiger partial charge in [-0.2, -0.15) is 0 Å². The second-order valence-electron chi connectivity index (χ2n) is 6.64. The molecule has 0 aliphatic carbocycles. The molecular weight excluding hydrogens is 500 g/mol. The maximum Gasteiger partial charge on any atom is 0.255 e. The summed E-state index contributed by atoms with van der Waals surface area (Å²) in [5, 5.41) is 8.07. The SMILES string of the molecule is COc1ccc(OC)c(COc2cc(NC(=O)c3cccc(Br)c3)ccc2S(N)(=O)=O)c1. The van der Waals surface area contributed by atoms with Crippen LogP contribution in [0.5, 0.6) is 17.2 Å². The van der Waals surface area contributed by atoms with Crippen molar-refractivity contribution in [3.63, 3.8) is 0 Å². The van der Waals surface area contributed by atoms with E-state index in [9.17, 15) is 13.2 Å². The third kappa shape index (κ3) is 5.78. The fourth-order valence-electron chi connectivity index (χ4n) is 2.92. The number of halogens is 1. The van der Waals surface area contributed by atoms with Crippen LogP contribution < -0.4 is 24.7 Å². The molecule has 0 radical (unpaired) electrons. The van der Waals surface area contributed by atoms with Crippen LogP contribution in [-0.2, 0) is 16.6 Å². The van der Waals surface area contributed by atoms with Crippen molar-refractivity contribution in [2.45, 2.75) is 11.5 Å². The first-order valence-electron chi connectivity index (χ1n) is 9.28. The molecule has 1 amide bonds. The van der Waals surface area contributed by atoms with Crippen molar-refractivity contribution in [3.8, 4) is 17.2 Å². The molecule has 3 rings (SSSR count). The van der Waals surface area contributed by atoms with Crippen molar-refractivity contribution >= 4 is 37.5 Å². The van der Waals surface area contributed by atoms with Crippen LogP contribution in [0.1, 0.15) is 15.9 Å². The molecule has 0 aromatic heterocycles. The van der Waals surface area contributed by atoms with E-state index in [2.05, 4.69) is 21.2 Å². The molecule has 10 heteroatoms. The second-order valence-corrected chi connectivity index (χ2v) is 9.08. The highest BCUT2D eigenvalue weighted by Gasteiger charge is 2.18. The van der Waals surface area contributed by atoms with Crippen molar-refractivity contribution in [3.05, 3.63) is 76.3 Å². The standard InChI is InChI=1S/C22H21BrN2O6S/c1-29-18-7-8-19(30-2)15(11-18)13-31-20-12-17(6-9-21(20)32(24,27)28)25-22(26)14-4-3-5-16(23)10-14/h3-12H,13H2,1-2H3,(H,25,26)(H2,24,27,28). The first kappa shape index (κ1) is 23.6. The number of amides is 1. The Kier molecular flexibility index (Phi) is 7.39. The molecule has 168 valence electrons. The van der Waals surface area contributed by atoms with E-state index in [-0.39, 0.29) is 23.2 Å². The Balaban J connectivity index is 1.89. The van der Waals surface area contributed by atoms with E-state index >= 15 is 0 Å². The fraction of sp³-hybridized carbons (Fsp3) is 0.136. The molecule has 32 heavy (non-hydrogen) atoms. The number of benzene rings is 3. The summed E-state index contributed by atoms with van der Waals surface area (Å²) in [4.78, 5) is 12.3. The number of nitrogens with two attached hydrogens (primary N) is 1. The second kappa shape index (κ2) is 10.0. The minimum atomic E-state index is -4.07. The number of carbonyl (C=O) groups excluding carboxylic acids is 1. The molecule has 0 unspecified atom stereocenters. The lowest BCUT2D eigenvalue weighted by Crippen LogP contribution is -2.15. The van der Waals surface area contributed by atoms with E-state index in [4.69, 9.17) is 19.3 Å². The number of rotatable bonds is 8. The van der Waals surface area contributed by atoms with Gasteiger partial charge in [-0.1, -0.05) is 22.0 Å². The number of carbonyl (C=O) groups is 1. The molecule has 0 saturated carbocycles. The Hall–Kier alpha value is -3.08. The van der Waals surface area contributed by atoms with E-state index in [1.807, 2.05) is 0 Å². The van der Waals surface area contributed by atoms with Gasteiger partial charge >= 0.3 is 0 Å². The van der Waals surface area contributed by atoms with Crippen LogP contribution in [0, 0.1) is 0 Å². The third-order valence-corrected chi connectivity index (χ3v) is 5.91. The fourth-order valence-corrected chi connectivity index (χ4v) is 3.97.